The van der Waals surface area contributed by atoms with Crippen molar-refractivity contribution in [2.24, 2.45) is 0 Å². The zero-order valence-electron chi connectivity index (χ0n) is 18.0. The molecule has 0 amide bonds. The molecule has 0 saturated carbocycles. The average molecular weight is 406 g/mol. The van der Waals surface area contributed by atoms with Gasteiger partial charge in [0.2, 0.25) is 5.95 Å². The highest BCUT2D eigenvalue weighted by atomic mass is 16.5. The van der Waals surface area contributed by atoms with Crippen molar-refractivity contribution < 1.29 is 4.74 Å². The summed E-state index contributed by atoms with van der Waals surface area (Å²) in [5.74, 6) is 2.61. The van der Waals surface area contributed by atoms with Gasteiger partial charge in [0.05, 0.1) is 12.1 Å². The molecule has 1 fully saturated rings. The largest absolute Gasteiger partial charge is 0.492 e. The minimum Gasteiger partial charge on any atom is -0.492 e. The topological polar surface area (TPSA) is 53.5 Å². The molecule has 1 saturated heterocycles. The van der Waals surface area contributed by atoms with E-state index < -0.39 is 0 Å². The second-order valence-corrected chi connectivity index (χ2v) is 8.10. The third-order valence-electron chi connectivity index (χ3n) is 5.29. The molecular weight excluding hydrogens is 374 g/mol. The first kappa shape index (κ1) is 20.4. The van der Waals surface area contributed by atoms with Crippen LogP contribution < -0.4 is 15.0 Å². The number of para-hydroxylation sites is 1. The monoisotopic (exact) mass is 405 g/mol. The lowest BCUT2D eigenvalue weighted by atomic mass is 10.1. The van der Waals surface area contributed by atoms with Crippen molar-refractivity contribution in [2.45, 2.75) is 25.8 Å². The molecule has 6 heteroatoms. The van der Waals surface area contributed by atoms with Gasteiger partial charge < -0.3 is 19.9 Å². The van der Waals surface area contributed by atoms with E-state index in [2.05, 4.69) is 53.5 Å². The Labute approximate surface area is 178 Å². The van der Waals surface area contributed by atoms with Gasteiger partial charge in [-0.05, 0) is 63.2 Å². The van der Waals surface area contributed by atoms with E-state index >= 15 is 0 Å². The van der Waals surface area contributed by atoms with Gasteiger partial charge in [0, 0.05) is 25.0 Å². The summed E-state index contributed by atoms with van der Waals surface area (Å²) in [5.41, 5.74) is 2.23. The zero-order valence-corrected chi connectivity index (χ0v) is 18.0. The van der Waals surface area contributed by atoms with Crippen LogP contribution in [0, 0.1) is 0 Å². The fourth-order valence-corrected chi connectivity index (χ4v) is 3.87. The lowest BCUT2D eigenvalue weighted by Crippen LogP contribution is -2.31. The summed E-state index contributed by atoms with van der Waals surface area (Å²) in [6, 6.07) is 16.5. The predicted molar refractivity (Wildman–Crippen MR) is 123 cm³/mol. The number of ether oxygens (including phenoxy) is 1. The highest BCUT2D eigenvalue weighted by molar-refractivity contribution is 5.90. The minimum absolute atomic E-state index is 0.572. The average Bonchev–Trinajstić information content (AvgIpc) is 2.77. The smallest absolute Gasteiger partial charge is 0.227 e. The molecular formula is C24H31N5O. The maximum absolute atomic E-state index is 5.97. The second-order valence-electron chi connectivity index (χ2n) is 8.10. The Kier molecular flexibility index (Phi) is 6.64. The molecule has 0 unspecified atom stereocenters. The number of piperidine rings is 1. The van der Waals surface area contributed by atoms with Crippen LogP contribution in [0.2, 0.25) is 0 Å². The standard InChI is InChI=1S/C24H31N5O/c1-28(2)18-19-9-8-10-20(17-19)30-16-13-25-23-21-11-4-5-12-22(21)26-24(27-23)29-14-6-3-7-15-29/h4-5,8-12,17H,3,6-7,13-16,18H2,1-2H3,(H,25,26,27). The van der Waals surface area contributed by atoms with Gasteiger partial charge in [0.15, 0.2) is 0 Å². The van der Waals surface area contributed by atoms with E-state index in [1.165, 1.54) is 24.8 Å². The molecule has 158 valence electrons. The van der Waals surface area contributed by atoms with Crippen molar-refractivity contribution in [3.8, 4) is 5.75 Å². The van der Waals surface area contributed by atoms with Crippen LogP contribution in [0.3, 0.4) is 0 Å². The Morgan fingerprint density at radius 3 is 2.67 bits per heavy atom. The molecule has 1 aliphatic rings. The second kappa shape index (κ2) is 9.76. The van der Waals surface area contributed by atoms with Gasteiger partial charge in [-0.25, -0.2) is 4.98 Å². The Bertz CT molecular complexity index is 969. The molecule has 0 bridgehead atoms. The Balaban J connectivity index is 1.42. The quantitative estimate of drug-likeness (QED) is 0.568. The first-order valence-corrected chi connectivity index (χ1v) is 10.8. The van der Waals surface area contributed by atoms with Crippen LogP contribution in [-0.4, -0.2) is 55.2 Å². The number of aromatic nitrogens is 2. The molecule has 6 nitrogen and oxygen atoms in total. The van der Waals surface area contributed by atoms with Crippen molar-refractivity contribution >= 4 is 22.7 Å². The first-order chi connectivity index (χ1) is 14.7. The van der Waals surface area contributed by atoms with Gasteiger partial charge in [-0.3, -0.25) is 0 Å². The van der Waals surface area contributed by atoms with Crippen molar-refractivity contribution in [3.63, 3.8) is 0 Å². The van der Waals surface area contributed by atoms with Crippen molar-refractivity contribution in [1.29, 1.82) is 0 Å². The third-order valence-corrected chi connectivity index (χ3v) is 5.29. The summed E-state index contributed by atoms with van der Waals surface area (Å²) in [6.45, 7) is 4.22. The van der Waals surface area contributed by atoms with Crippen molar-refractivity contribution in [2.75, 3.05) is 50.6 Å². The van der Waals surface area contributed by atoms with E-state index in [0.29, 0.717) is 13.2 Å². The predicted octanol–water partition coefficient (Wildman–Crippen LogP) is 4.17. The van der Waals surface area contributed by atoms with Gasteiger partial charge in [-0.1, -0.05) is 24.3 Å². The highest BCUT2D eigenvalue weighted by Gasteiger charge is 2.16. The molecule has 0 spiro atoms. The van der Waals surface area contributed by atoms with Crippen LogP contribution in [0.15, 0.2) is 48.5 Å². The number of rotatable bonds is 8. The maximum atomic E-state index is 5.97. The number of hydrogen-bond acceptors (Lipinski definition) is 6. The first-order valence-electron chi connectivity index (χ1n) is 10.8. The zero-order chi connectivity index (χ0) is 20.8. The number of nitrogens with one attached hydrogen (secondary N) is 1. The van der Waals surface area contributed by atoms with Crippen LogP contribution in [0.1, 0.15) is 24.8 Å². The van der Waals surface area contributed by atoms with E-state index in [-0.39, 0.29) is 0 Å². The number of fused-ring (bicyclic) bond motifs is 1. The molecule has 0 aliphatic carbocycles. The summed E-state index contributed by atoms with van der Waals surface area (Å²) < 4.78 is 5.97. The third kappa shape index (κ3) is 5.19. The van der Waals surface area contributed by atoms with Gasteiger partial charge in [0.1, 0.15) is 18.2 Å². The summed E-state index contributed by atoms with van der Waals surface area (Å²) in [7, 11) is 4.14. The van der Waals surface area contributed by atoms with Crippen LogP contribution in [-0.2, 0) is 6.54 Å². The van der Waals surface area contributed by atoms with E-state index in [9.17, 15) is 0 Å². The molecule has 2 aromatic carbocycles. The van der Waals surface area contributed by atoms with Crippen LogP contribution in [0.4, 0.5) is 11.8 Å². The molecule has 1 aliphatic heterocycles. The lowest BCUT2D eigenvalue weighted by Gasteiger charge is -2.27. The van der Waals surface area contributed by atoms with Crippen LogP contribution >= 0.6 is 0 Å². The lowest BCUT2D eigenvalue weighted by molar-refractivity contribution is 0.331. The maximum Gasteiger partial charge on any atom is 0.227 e. The SMILES string of the molecule is CN(C)Cc1cccc(OCCNc2nc(N3CCCCC3)nc3ccccc23)c1. The summed E-state index contributed by atoms with van der Waals surface area (Å²) in [5, 5.41) is 4.52. The van der Waals surface area contributed by atoms with Gasteiger partial charge in [-0.2, -0.15) is 4.98 Å². The van der Waals surface area contributed by atoms with Crippen molar-refractivity contribution in [3.05, 3.63) is 54.1 Å². The molecule has 30 heavy (non-hydrogen) atoms. The van der Waals surface area contributed by atoms with Gasteiger partial charge in [-0.15, -0.1) is 0 Å². The Morgan fingerprint density at radius 2 is 1.83 bits per heavy atom. The van der Waals surface area contributed by atoms with Crippen molar-refractivity contribution in [1.82, 2.24) is 14.9 Å². The van der Waals surface area contributed by atoms with E-state index in [0.717, 1.165) is 48.1 Å². The number of nitrogens with zero attached hydrogens (tertiary/aromatic N) is 4. The molecule has 0 radical (unpaired) electrons. The fourth-order valence-electron chi connectivity index (χ4n) is 3.87. The Morgan fingerprint density at radius 1 is 1.00 bits per heavy atom. The summed E-state index contributed by atoms with van der Waals surface area (Å²) in [6.07, 6.45) is 3.71. The normalized spacial score (nSPS) is 14.3. The number of hydrogen-bond donors (Lipinski definition) is 1. The number of benzene rings is 2. The van der Waals surface area contributed by atoms with E-state index in [1.54, 1.807) is 0 Å². The summed E-state index contributed by atoms with van der Waals surface area (Å²) >= 11 is 0. The van der Waals surface area contributed by atoms with Gasteiger partial charge in [0.25, 0.3) is 0 Å². The van der Waals surface area contributed by atoms with E-state index in [4.69, 9.17) is 14.7 Å². The molecule has 1 aromatic heterocycles. The molecule has 1 N–H and O–H groups in total. The highest BCUT2D eigenvalue weighted by Crippen LogP contribution is 2.25. The molecule has 2 heterocycles. The molecule has 0 atom stereocenters. The van der Waals surface area contributed by atoms with Gasteiger partial charge >= 0.3 is 0 Å². The van der Waals surface area contributed by atoms with Crippen LogP contribution in [0.25, 0.3) is 10.9 Å². The van der Waals surface area contributed by atoms with E-state index in [1.807, 2.05) is 24.3 Å². The fraction of sp³-hybridized carbons (Fsp3) is 0.417. The Hall–Kier alpha value is -2.86. The van der Waals surface area contributed by atoms with Crippen LogP contribution in [0.5, 0.6) is 5.75 Å². The molecule has 3 aromatic rings. The minimum atomic E-state index is 0.572. The molecule has 4 rings (SSSR count). The summed E-state index contributed by atoms with van der Waals surface area (Å²) in [4.78, 5) is 14.1. The number of anilines is 2.